The van der Waals surface area contributed by atoms with Gasteiger partial charge in [-0.15, -0.1) is 0 Å². The minimum Gasteiger partial charge on any atom is -0.379 e. The Morgan fingerprint density at radius 2 is 0.810 bits per heavy atom. The molecule has 0 aromatic rings. The maximum Gasteiger partial charge on any atom is 0.0596 e. The molecule has 0 N–H and O–H groups in total. The van der Waals surface area contributed by atoms with Crippen molar-refractivity contribution < 1.29 is 18.9 Å². The van der Waals surface area contributed by atoms with E-state index >= 15 is 0 Å². The molecule has 0 aromatic heterocycles. The molecule has 0 amide bonds. The number of hydrogen-bond donors (Lipinski definition) is 0. The maximum atomic E-state index is 5.50. The van der Waals surface area contributed by atoms with Crippen molar-refractivity contribution in [3.63, 3.8) is 0 Å². The van der Waals surface area contributed by atoms with Crippen molar-refractivity contribution in [2.75, 3.05) is 105 Å². The Kier molecular flexibility index (Phi) is 24.5. The zero-order chi connectivity index (χ0) is 31.0. The predicted octanol–water partition coefficient (Wildman–Crippen LogP) is 5.25. The van der Waals surface area contributed by atoms with E-state index in [0.29, 0.717) is 18.2 Å². The van der Waals surface area contributed by atoms with Crippen molar-refractivity contribution in [3.8, 4) is 0 Å². The molecular formula is C34H72N4O4. The summed E-state index contributed by atoms with van der Waals surface area (Å²) in [5, 5.41) is 0. The molecule has 252 valence electrons. The molecule has 0 aromatic carbocycles. The summed E-state index contributed by atoms with van der Waals surface area (Å²) in [5.41, 5.74) is 0. The van der Waals surface area contributed by atoms with Crippen LogP contribution in [0.3, 0.4) is 0 Å². The van der Waals surface area contributed by atoms with E-state index in [0.717, 1.165) is 85.0 Å². The predicted molar refractivity (Wildman–Crippen MR) is 178 cm³/mol. The normalized spacial score (nSPS) is 21.4. The SMILES string of the molecule is CC(C)N1CCCCC1.CC(C)N1CCOCC1.CC(C)OCCN1CCCCC1.CC(C)OCCN1CCOCC1. The van der Waals surface area contributed by atoms with Crippen LogP contribution in [-0.4, -0.2) is 149 Å². The lowest BCUT2D eigenvalue weighted by molar-refractivity contribution is 0.00965. The molecule has 0 aliphatic carbocycles. The average molecular weight is 601 g/mol. The van der Waals surface area contributed by atoms with E-state index in [1.165, 1.54) is 64.7 Å². The quantitative estimate of drug-likeness (QED) is 0.337. The minimum absolute atomic E-state index is 0.353. The lowest BCUT2D eigenvalue weighted by Gasteiger charge is -2.29. The Morgan fingerprint density at radius 1 is 0.452 bits per heavy atom. The molecule has 4 heterocycles. The summed E-state index contributed by atoms with van der Waals surface area (Å²) in [4.78, 5) is 9.88. The monoisotopic (exact) mass is 601 g/mol. The highest BCUT2D eigenvalue weighted by atomic mass is 16.5. The van der Waals surface area contributed by atoms with E-state index in [1.54, 1.807) is 0 Å². The van der Waals surface area contributed by atoms with Crippen LogP contribution in [0.1, 0.15) is 93.9 Å². The Morgan fingerprint density at radius 3 is 1.17 bits per heavy atom. The summed E-state index contributed by atoms with van der Waals surface area (Å²) in [6, 6.07) is 1.46. The maximum absolute atomic E-state index is 5.50. The van der Waals surface area contributed by atoms with Crippen LogP contribution in [0.5, 0.6) is 0 Å². The van der Waals surface area contributed by atoms with Gasteiger partial charge in [-0.25, -0.2) is 0 Å². The molecule has 4 aliphatic rings. The van der Waals surface area contributed by atoms with Crippen LogP contribution in [0.2, 0.25) is 0 Å². The largest absolute Gasteiger partial charge is 0.379 e. The standard InChI is InChI=1S/C10H21NO.C9H19NO2.C8H17N.C7H15NO/c1-10(2)12-9-8-11-6-4-3-5-7-11;1-9(2)12-8-5-10-3-6-11-7-4-10;1-8(2)9-6-4-3-5-7-9;1-7(2)8-3-5-9-6-4-8/h10H,3-9H2,1-2H3;9H,3-8H2,1-2H3;8H,3-7H2,1-2H3;7H,3-6H2,1-2H3. The third-order valence-electron chi connectivity index (χ3n) is 8.17. The van der Waals surface area contributed by atoms with E-state index < -0.39 is 0 Å². The second-order valence-corrected chi connectivity index (χ2v) is 13.1. The molecule has 42 heavy (non-hydrogen) atoms. The lowest BCUT2D eigenvalue weighted by Crippen LogP contribution is -2.40. The second kappa shape index (κ2) is 26.0. The molecule has 4 saturated heterocycles. The first-order chi connectivity index (χ1) is 20.2. The molecule has 0 spiro atoms. The van der Waals surface area contributed by atoms with Crippen molar-refractivity contribution in [2.24, 2.45) is 0 Å². The topological polar surface area (TPSA) is 49.9 Å². The second-order valence-electron chi connectivity index (χ2n) is 13.1. The molecular weight excluding hydrogens is 528 g/mol. The van der Waals surface area contributed by atoms with Crippen LogP contribution in [0, 0.1) is 0 Å². The van der Waals surface area contributed by atoms with Gasteiger partial charge in [-0.3, -0.25) is 9.80 Å². The molecule has 4 aliphatic heterocycles. The number of nitrogens with zero attached hydrogens (tertiary/aromatic N) is 4. The fraction of sp³-hybridized carbons (Fsp3) is 1.00. The number of likely N-dealkylation sites (tertiary alicyclic amines) is 2. The fourth-order valence-corrected chi connectivity index (χ4v) is 5.37. The third kappa shape index (κ3) is 22.2. The molecule has 0 bridgehead atoms. The molecule has 0 saturated carbocycles. The van der Waals surface area contributed by atoms with Crippen LogP contribution >= 0.6 is 0 Å². The van der Waals surface area contributed by atoms with Crippen molar-refractivity contribution in [3.05, 3.63) is 0 Å². The molecule has 4 fully saturated rings. The van der Waals surface area contributed by atoms with Crippen molar-refractivity contribution in [1.82, 2.24) is 19.6 Å². The number of piperidine rings is 2. The van der Waals surface area contributed by atoms with Crippen LogP contribution in [0.4, 0.5) is 0 Å². The van der Waals surface area contributed by atoms with Gasteiger partial charge >= 0.3 is 0 Å². The Balaban J connectivity index is 0.000000283. The highest BCUT2D eigenvalue weighted by Gasteiger charge is 2.13. The number of morpholine rings is 2. The Hall–Kier alpha value is -0.320. The Labute approximate surface area is 261 Å². The summed E-state index contributed by atoms with van der Waals surface area (Å²) < 4.78 is 21.4. The first kappa shape index (κ1) is 39.7. The van der Waals surface area contributed by atoms with Crippen molar-refractivity contribution >= 4 is 0 Å². The van der Waals surface area contributed by atoms with Gasteiger partial charge in [-0.2, -0.15) is 0 Å². The fourth-order valence-electron chi connectivity index (χ4n) is 5.37. The number of ether oxygens (including phenoxy) is 4. The smallest absolute Gasteiger partial charge is 0.0596 e. The van der Waals surface area contributed by atoms with Crippen molar-refractivity contribution in [1.29, 1.82) is 0 Å². The van der Waals surface area contributed by atoms with Gasteiger partial charge < -0.3 is 28.7 Å². The van der Waals surface area contributed by atoms with Crippen molar-refractivity contribution in [2.45, 2.75) is 118 Å². The molecule has 8 nitrogen and oxygen atoms in total. The van der Waals surface area contributed by atoms with Gasteiger partial charge in [0.25, 0.3) is 0 Å². The van der Waals surface area contributed by atoms with Crippen LogP contribution in [0.25, 0.3) is 0 Å². The van der Waals surface area contributed by atoms with Crippen LogP contribution in [-0.2, 0) is 18.9 Å². The molecule has 8 heteroatoms. The van der Waals surface area contributed by atoms with E-state index in [2.05, 4.69) is 75.0 Å². The van der Waals surface area contributed by atoms with Gasteiger partial charge in [-0.1, -0.05) is 12.8 Å². The number of rotatable bonds is 10. The average Bonchev–Trinajstić information content (AvgIpc) is 3.00. The van der Waals surface area contributed by atoms with Gasteiger partial charge in [0.1, 0.15) is 0 Å². The molecule has 0 unspecified atom stereocenters. The van der Waals surface area contributed by atoms with E-state index in [-0.39, 0.29) is 0 Å². The van der Waals surface area contributed by atoms with E-state index in [4.69, 9.17) is 18.9 Å². The first-order valence-corrected chi connectivity index (χ1v) is 17.5. The molecule has 0 radical (unpaired) electrons. The van der Waals surface area contributed by atoms with Gasteiger partial charge in [0, 0.05) is 51.4 Å². The van der Waals surface area contributed by atoms with Gasteiger partial charge in [0.2, 0.25) is 0 Å². The summed E-state index contributed by atoms with van der Waals surface area (Å²) in [6.07, 6.45) is 9.19. The van der Waals surface area contributed by atoms with Crippen LogP contribution < -0.4 is 0 Å². The summed E-state index contributed by atoms with van der Waals surface area (Å²) >= 11 is 0. The summed E-state index contributed by atoms with van der Waals surface area (Å²) in [7, 11) is 0. The Bertz CT molecular complexity index is 520. The zero-order valence-corrected chi connectivity index (χ0v) is 29.3. The first-order valence-electron chi connectivity index (χ1n) is 17.5. The lowest BCUT2D eigenvalue weighted by atomic mass is 10.1. The zero-order valence-electron chi connectivity index (χ0n) is 29.3. The minimum atomic E-state index is 0.353. The highest BCUT2D eigenvalue weighted by molar-refractivity contribution is 4.68. The molecule has 0 atom stereocenters. The highest BCUT2D eigenvalue weighted by Crippen LogP contribution is 2.11. The molecule has 4 rings (SSSR count). The number of hydrogen-bond acceptors (Lipinski definition) is 8. The van der Waals surface area contributed by atoms with Crippen LogP contribution in [0.15, 0.2) is 0 Å². The summed E-state index contributed by atoms with van der Waals surface area (Å²) in [5.74, 6) is 0. The van der Waals surface area contributed by atoms with Gasteiger partial charge in [-0.05, 0) is 107 Å². The van der Waals surface area contributed by atoms with E-state index in [9.17, 15) is 0 Å². The van der Waals surface area contributed by atoms with Gasteiger partial charge in [0.05, 0.1) is 51.8 Å². The third-order valence-corrected chi connectivity index (χ3v) is 8.17. The van der Waals surface area contributed by atoms with E-state index in [1.807, 2.05) is 0 Å². The van der Waals surface area contributed by atoms with Gasteiger partial charge in [0.15, 0.2) is 0 Å². The summed E-state index contributed by atoms with van der Waals surface area (Å²) in [6.45, 7) is 34.4.